The third kappa shape index (κ3) is 4.93. The Morgan fingerprint density at radius 2 is 1.67 bits per heavy atom. The van der Waals surface area contributed by atoms with Crippen molar-refractivity contribution in [1.29, 1.82) is 0 Å². The Morgan fingerprint density at radius 1 is 1.10 bits per heavy atom. The summed E-state index contributed by atoms with van der Waals surface area (Å²) in [4.78, 5) is 35.7. The van der Waals surface area contributed by atoms with E-state index in [0.717, 1.165) is 13.8 Å². The van der Waals surface area contributed by atoms with Gasteiger partial charge in [0.25, 0.3) is 0 Å². The second-order valence-electron chi connectivity index (χ2n) is 4.22. The van der Waals surface area contributed by atoms with Crippen LogP contribution in [0.4, 0.5) is 0 Å². The molecule has 0 unspecified atom stereocenters. The number of nitrogens with zero attached hydrogens (tertiary/aromatic N) is 3. The normalized spacial score (nSPS) is 27.4. The zero-order chi connectivity index (χ0) is 16.0. The number of ether oxygens (including phenoxy) is 4. The topological polar surface area (TPSA) is 137 Å². The minimum Gasteiger partial charge on any atom is -0.463 e. The van der Waals surface area contributed by atoms with Gasteiger partial charge in [-0.15, -0.1) is 0 Å². The Labute approximate surface area is 119 Å². The molecule has 0 aromatic heterocycles. The summed E-state index contributed by atoms with van der Waals surface area (Å²) in [5.74, 6) is -1.86. The van der Waals surface area contributed by atoms with Gasteiger partial charge in [-0.2, -0.15) is 0 Å². The molecule has 4 atom stereocenters. The minimum absolute atomic E-state index is 0.234. The van der Waals surface area contributed by atoms with Crippen LogP contribution >= 0.6 is 0 Å². The van der Waals surface area contributed by atoms with Crippen LogP contribution in [-0.2, 0) is 33.3 Å². The van der Waals surface area contributed by atoms with E-state index in [1.165, 1.54) is 6.92 Å². The fraction of sp³-hybridized carbons (Fsp3) is 0.727. The summed E-state index contributed by atoms with van der Waals surface area (Å²) >= 11 is 0. The monoisotopic (exact) mass is 301 g/mol. The van der Waals surface area contributed by atoms with Crippen LogP contribution in [-0.4, -0.2) is 49.1 Å². The van der Waals surface area contributed by atoms with Crippen molar-refractivity contribution in [3.05, 3.63) is 10.4 Å². The molecule has 0 spiro atoms. The third-order valence-corrected chi connectivity index (χ3v) is 2.51. The Balaban J connectivity index is 2.95. The highest BCUT2D eigenvalue weighted by Gasteiger charge is 2.49. The third-order valence-electron chi connectivity index (χ3n) is 2.51. The number of azide groups is 1. The van der Waals surface area contributed by atoms with E-state index in [1.807, 2.05) is 0 Å². The lowest BCUT2D eigenvalue weighted by Gasteiger charge is -2.22. The van der Waals surface area contributed by atoms with Crippen molar-refractivity contribution in [3.8, 4) is 0 Å². The Bertz CT molecular complexity index is 474. The summed E-state index contributed by atoms with van der Waals surface area (Å²) in [6.07, 6.45) is -4.23. The molecular formula is C11H15N3O7. The molecule has 1 aliphatic heterocycles. The van der Waals surface area contributed by atoms with E-state index in [9.17, 15) is 14.4 Å². The Hall–Kier alpha value is -2.32. The summed E-state index contributed by atoms with van der Waals surface area (Å²) in [7, 11) is 0. The summed E-state index contributed by atoms with van der Waals surface area (Å²) < 4.78 is 20.1. The van der Waals surface area contributed by atoms with Crippen LogP contribution in [0.25, 0.3) is 10.4 Å². The highest BCUT2D eigenvalue weighted by Crippen LogP contribution is 2.28. The predicted molar refractivity (Wildman–Crippen MR) is 65.5 cm³/mol. The van der Waals surface area contributed by atoms with Gasteiger partial charge in [0.15, 0.2) is 18.4 Å². The molecule has 0 aliphatic carbocycles. The van der Waals surface area contributed by atoms with Crippen molar-refractivity contribution in [2.75, 3.05) is 6.61 Å². The number of hydrogen-bond donors (Lipinski definition) is 0. The molecule has 0 saturated carbocycles. The molecule has 1 fully saturated rings. The highest BCUT2D eigenvalue weighted by atomic mass is 16.7. The summed E-state index contributed by atoms with van der Waals surface area (Å²) in [5.41, 5.74) is 8.50. The number of rotatable bonds is 5. The largest absolute Gasteiger partial charge is 0.463 e. The van der Waals surface area contributed by atoms with Gasteiger partial charge in [0.1, 0.15) is 12.7 Å². The molecule has 10 heteroatoms. The van der Waals surface area contributed by atoms with Crippen LogP contribution in [0.3, 0.4) is 0 Å². The van der Waals surface area contributed by atoms with Gasteiger partial charge in [0.2, 0.25) is 0 Å². The molecule has 21 heavy (non-hydrogen) atoms. The second-order valence-corrected chi connectivity index (χ2v) is 4.22. The van der Waals surface area contributed by atoms with E-state index in [0.29, 0.717) is 0 Å². The fourth-order valence-corrected chi connectivity index (χ4v) is 1.84. The smallest absolute Gasteiger partial charge is 0.303 e. The molecule has 1 heterocycles. The lowest BCUT2D eigenvalue weighted by Crippen LogP contribution is -2.40. The van der Waals surface area contributed by atoms with Crippen LogP contribution < -0.4 is 0 Å². The van der Waals surface area contributed by atoms with Crippen molar-refractivity contribution in [1.82, 2.24) is 0 Å². The zero-order valence-electron chi connectivity index (χ0n) is 11.7. The van der Waals surface area contributed by atoms with Gasteiger partial charge >= 0.3 is 17.9 Å². The quantitative estimate of drug-likeness (QED) is 0.236. The first-order chi connectivity index (χ1) is 9.85. The van der Waals surface area contributed by atoms with E-state index < -0.39 is 42.4 Å². The second kappa shape index (κ2) is 7.46. The van der Waals surface area contributed by atoms with Crippen LogP contribution in [0.1, 0.15) is 20.8 Å². The van der Waals surface area contributed by atoms with Crippen molar-refractivity contribution in [3.63, 3.8) is 0 Å². The Morgan fingerprint density at radius 3 is 2.14 bits per heavy atom. The summed E-state index contributed by atoms with van der Waals surface area (Å²) in [6, 6.07) is 0. The molecule has 0 radical (unpaired) electrons. The molecule has 1 rings (SSSR count). The molecule has 0 aromatic carbocycles. The van der Waals surface area contributed by atoms with Gasteiger partial charge < -0.3 is 18.9 Å². The van der Waals surface area contributed by atoms with Gasteiger partial charge in [-0.3, -0.25) is 14.4 Å². The average molecular weight is 301 g/mol. The molecule has 0 aromatic rings. The van der Waals surface area contributed by atoms with Gasteiger partial charge in [-0.05, 0) is 5.53 Å². The van der Waals surface area contributed by atoms with Crippen LogP contribution in [0, 0.1) is 0 Å². The van der Waals surface area contributed by atoms with Gasteiger partial charge in [-0.25, -0.2) is 0 Å². The number of carbonyl (C=O) groups is 3. The van der Waals surface area contributed by atoms with E-state index >= 15 is 0 Å². The van der Waals surface area contributed by atoms with Crippen molar-refractivity contribution in [2.45, 2.75) is 45.3 Å². The summed E-state index contributed by atoms with van der Waals surface area (Å²) in [5, 5.41) is 3.34. The Kier molecular flexibility index (Phi) is 5.94. The first kappa shape index (κ1) is 16.7. The molecule has 116 valence electrons. The van der Waals surface area contributed by atoms with E-state index in [2.05, 4.69) is 10.0 Å². The zero-order valence-corrected chi connectivity index (χ0v) is 11.7. The molecule has 1 saturated heterocycles. The fourth-order valence-electron chi connectivity index (χ4n) is 1.84. The van der Waals surface area contributed by atoms with E-state index in [1.54, 1.807) is 0 Å². The molecular weight excluding hydrogens is 286 g/mol. The molecule has 0 amide bonds. The van der Waals surface area contributed by atoms with Gasteiger partial charge in [0.05, 0.1) is 0 Å². The maximum Gasteiger partial charge on any atom is 0.303 e. The minimum atomic E-state index is -1.18. The maximum atomic E-state index is 11.1. The molecule has 0 N–H and O–H groups in total. The van der Waals surface area contributed by atoms with E-state index in [-0.39, 0.29) is 6.61 Å². The lowest BCUT2D eigenvalue weighted by molar-refractivity contribution is -0.165. The first-order valence-corrected chi connectivity index (χ1v) is 6.02. The van der Waals surface area contributed by atoms with E-state index in [4.69, 9.17) is 24.5 Å². The number of carbonyl (C=O) groups excluding carboxylic acids is 3. The molecule has 0 bridgehead atoms. The van der Waals surface area contributed by atoms with Crippen LogP contribution in [0.2, 0.25) is 0 Å². The SMILES string of the molecule is CC(=O)OC[C@H]1O[C@H](N=[N+]=[N-])[C@@H](OC(C)=O)[C@@H]1OC(C)=O. The number of esters is 3. The van der Waals surface area contributed by atoms with Crippen molar-refractivity contribution in [2.24, 2.45) is 5.11 Å². The first-order valence-electron chi connectivity index (χ1n) is 6.02. The van der Waals surface area contributed by atoms with Crippen molar-refractivity contribution < 1.29 is 33.3 Å². The highest BCUT2D eigenvalue weighted by molar-refractivity contribution is 5.68. The average Bonchev–Trinajstić information content (AvgIpc) is 2.65. The maximum absolute atomic E-state index is 11.1. The van der Waals surface area contributed by atoms with Crippen LogP contribution in [0.5, 0.6) is 0 Å². The summed E-state index contributed by atoms with van der Waals surface area (Å²) in [6.45, 7) is 3.28. The number of hydrogen-bond acceptors (Lipinski definition) is 8. The van der Waals surface area contributed by atoms with Gasteiger partial charge in [-0.1, -0.05) is 5.11 Å². The standard InChI is InChI=1S/C11H15N3O7/c1-5(15)18-4-8-9(19-6(2)16)10(20-7(3)17)11(21-8)13-14-12/h8-11H,4H2,1-3H3/t8-,9-,10+,11+/m1/s1. The van der Waals surface area contributed by atoms with Crippen LogP contribution in [0.15, 0.2) is 5.11 Å². The lowest BCUT2D eigenvalue weighted by atomic mass is 10.1. The molecule has 1 aliphatic rings. The predicted octanol–water partition coefficient (Wildman–Crippen LogP) is 0.448. The molecule has 10 nitrogen and oxygen atoms in total. The van der Waals surface area contributed by atoms with Gasteiger partial charge in [0, 0.05) is 25.7 Å². The van der Waals surface area contributed by atoms with Crippen molar-refractivity contribution >= 4 is 17.9 Å².